The maximum absolute atomic E-state index is 7.64. The highest BCUT2D eigenvalue weighted by atomic mass is 32.2. The van der Waals surface area contributed by atoms with Gasteiger partial charge in [-0.3, -0.25) is 16.5 Å². The third-order valence-corrected chi connectivity index (χ3v) is 0. The van der Waals surface area contributed by atoms with Crippen molar-refractivity contribution in [2.75, 3.05) is 0 Å². The van der Waals surface area contributed by atoms with E-state index in [0.717, 1.165) is 0 Å². The van der Waals surface area contributed by atoms with Crippen LogP contribution in [-0.2, 0) is 10.8 Å². The molecule has 0 saturated heterocycles. The molecule has 0 rings (SSSR count). The van der Waals surface area contributed by atoms with Gasteiger partial charge < -0.3 is 9.69 Å². The van der Waals surface area contributed by atoms with Gasteiger partial charge in [-0.1, -0.05) is 0 Å². The van der Waals surface area contributed by atoms with Crippen LogP contribution < -0.4 is 5.14 Å². The normalized spacial score (nSPS) is 8.50. The number of hydrogen-bond donors (Lipinski definition) is 2. The molecule has 0 aromatic rings. The van der Waals surface area contributed by atoms with Crippen molar-refractivity contribution in [3.63, 3.8) is 0 Å². The quantitative estimate of drug-likeness (QED) is 0.385. The molecule has 0 aliphatic heterocycles. The van der Waals surface area contributed by atoms with Crippen molar-refractivity contribution in [2.24, 2.45) is 5.14 Å². The Morgan fingerprint density at radius 2 is 2.00 bits per heavy atom. The van der Waals surface area contributed by atoms with Crippen molar-refractivity contribution >= 4 is 10.8 Å². The average molecular weight is 78.1 g/mol. The van der Waals surface area contributed by atoms with Crippen molar-refractivity contribution in [3.8, 4) is 5.69 Å². The minimum absolute atomic E-state index is 1.36. The molecule has 2 nitrogen and oxygen atoms in total. The standard InChI is InChI=1S/CH4NOS/c1-4(2)3/h1,3H,2H2/q-1. The van der Waals surface area contributed by atoms with Crippen molar-refractivity contribution < 1.29 is 4.55 Å². The van der Waals surface area contributed by atoms with Gasteiger partial charge in [0.1, 0.15) is 0 Å². The van der Waals surface area contributed by atoms with Crippen LogP contribution >= 0.6 is 0 Å². The van der Waals surface area contributed by atoms with Crippen LogP contribution in [0.5, 0.6) is 0 Å². The second-order valence-corrected chi connectivity index (χ2v) is 1.04. The predicted octanol–water partition coefficient (Wildman–Crippen LogP) is -0.460. The molecule has 0 heterocycles. The summed E-state index contributed by atoms with van der Waals surface area (Å²) in [4.78, 5) is 0. The Balaban J connectivity index is 3.02. The van der Waals surface area contributed by atoms with E-state index in [9.17, 15) is 0 Å². The van der Waals surface area contributed by atoms with E-state index in [4.69, 9.17) is 4.55 Å². The molecule has 0 radical (unpaired) electrons. The minimum atomic E-state index is -1.36. The van der Waals surface area contributed by atoms with E-state index < -0.39 is 10.8 Å². The van der Waals surface area contributed by atoms with Gasteiger partial charge in [-0.15, -0.1) is 0 Å². The molecule has 4 heavy (non-hydrogen) atoms. The van der Waals surface area contributed by atoms with E-state index >= 15 is 0 Å². The lowest BCUT2D eigenvalue weighted by molar-refractivity contribution is 0.657. The first-order chi connectivity index (χ1) is 1.73. The van der Waals surface area contributed by atoms with Gasteiger partial charge in [-0.05, 0) is 0 Å². The topological polar surface area (TPSA) is 46.2 Å². The Kier molecular flexibility index (Phi) is 1.40. The van der Waals surface area contributed by atoms with Gasteiger partial charge in [0, 0.05) is 0 Å². The van der Waals surface area contributed by atoms with E-state index in [1.165, 1.54) is 0 Å². The molecule has 0 saturated carbocycles. The maximum atomic E-state index is 7.64. The Bertz CT molecular complexity index is 54.2. The number of rotatable bonds is 0. The molecule has 0 unspecified atom stereocenters. The molecule has 0 atom stereocenters. The second kappa shape index (κ2) is 1.38. The molecule has 0 aliphatic rings. The molecular formula is CH4NOS-. The third-order valence-electron chi connectivity index (χ3n) is 0. The zero-order valence-corrected chi connectivity index (χ0v) is 2.83. The SMILES string of the molecule is C#[S-](N)O. The van der Waals surface area contributed by atoms with E-state index in [0.29, 0.717) is 0 Å². The summed E-state index contributed by atoms with van der Waals surface area (Å²) in [5, 5.41) is 4.47. The smallest absolute Gasteiger partial charge is 0.282 e. The number of hydrogen-bond acceptors (Lipinski definition) is 3. The monoisotopic (exact) mass is 78.0 g/mol. The first-order valence-electron chi connectivity index (χ1n) is 0.654. The molecule has 0 fully saturated rings. The lowest BCUT2D eigenvalue weighted by Crippen LogP contribution is -1.91. The molecule has 0 spiro atoms. The van der Waals surface area contributed by atoms with Crippen LogP contribution in [-0.4, -0.2) is 4.55 Å². The molecular weight excluding hydrogens is 74.1 g/mol. The molecule has 0 bridgehead atoms. The first kappa shape index (κ1) is 4.05. The van der Waals surface area contributed by atoms with Gasteiger partial charge in [0.25, 0.3) is 0 Å². The molecule has 0 amide bonds. The van der Waals surface area contributed by atoms with Gasteiger partial charge in [-0.25, -0.2) is 0 Å². The Hall–Kier alpha value is 0.0500. The molecule has 0 aromatic carbocycles. The van der Waals surface area contributed by atoms with E-state index in [1.54, 1.807) is 0 Å². The fourth-order valence-electron chi connectivity index (χ4n) is 0. The van der Waals surface area contributed by atoms with Crippen LogP contribution in [0, 0.1) is 5.69 Å². The van der Waals surface area contributed by atoms with Crippen LogP contribution in [0.25, 0.3) is 0 Å². The summed E-state index contributed by atoms with van der Waals surface area (Å²) in [6.45, 7) is 0. The average Bonchev–Trinajstić information content (AvgIpc) is 0.811. The summed E-state index contributed by atoms with van der Waals surface area (Å²) in [5.74, 6) is 0. The Morgan fingerprint density at radius 3 is 2.00 bits per heavy atom. The van der Waals surface area contributed by atoms with Gasteiger partial charge in [0.2, 0.25) is 0 Å². The largest absolute Gasteiger partial charge is 0.485 e. The van der Waals surface area contributed by atoms with Gasteiger partial charge in [0.05, 0.1) is 0 Å². The van der Waals surface area contributed by atoms with Crippen molar-refractivity contribution in [1.29, 1.82) is 0 Å². The zero-order chi connectivity index (χ0) is 3.58. The van der Waals surface area contributed by atoms with Gasteiger partial charge >= 0.3 is 0 Å². The van der Waals surface area contributed by atoms with Crippen LogP contribution in [0.3, 0.4) is 0 Å². The summed E-state index contributed by atoms with van der Waals surface area (Å²) in [6.07, 6.45) is 0. The number of nitrogens with two attached hydrogens (primary N) is 1. The Morgan fingerprint density at radius 1 is 2.00 bits per heavy atom. The van der Waals surface area contributed by atoms with Gasteiger partial charge in [-0.2, -0.15) is 0 Å². The highest BCUT2D eigenvalue weighted by Gasteiger charge is 1.18. The van der Waals surface area contributed by atoms with Crippen molar-refractivity contribution in [3.05, 3.63) is 0 Å². The van der Waals surface area contributed by atoms with E-state index in [-0.39, 0.29) is 0 Å². The third kappa shape index (κ3) is 904. The van der Waals surface area contributed by atoms with E-state index in [1.807, 2.05) is 0 Å². The first-order valence-corrected chi connectivity index (χ1v) is 1.96. The lowest BCUT2D eigenvalue weighted by Gasteiger charge is -1.88. The van der Waals surface area contributed by atoms with Crippen LogP contribution in [0.1, 0.15) is 0 Å². The molecule has 3 heteroatoms. The summed E-state index contributed by atoms with van der Waals surface area (Å²) in [5.41, 5.74) is 4.47. The fourth-order valence-corrected chi connectivity index (χ4v) is 0. The van der Waals surface area contributed by atoms with Crippen molar-refractivity contribution in [2.45, 2.75) is 0 Å². The highest BCUT2D eigenvalue weighted by molar-refractivity contribution is 7.78. The zero-order valence-electron chi connectivity index (χ0n) is 2.01. The van der Waals surface area contributed by atoms with Crippen LogP contribution in [0.2, 0.25) is 0 Å². The van der Waals surface area contributed by atoms with Crippen molar-refractivity contribution in [1.82, 2.24) is 0 Å². The molecule has 3 N–H and O–H groups in total. The Labute approximate surface area is 27.1 Å². The maximum Gasteiger partial charge on any atom is -0.282 e. The second-order valence-electron chi connectivity index (χ2n) is 0.347. The molecule has 0 aliphatic carbocycles. The molecule has 0 aromatic heterocycles. The predicted molar refractivity (Wildman–Crippen MR) is 19.1 cm³/mol. The van der Waals surface area contributed by atoms with Crippen LogP contribution in [0.4, 0.5) is 0 Å². The van der Waals surface area contributed by atoms with Crippen LogP contribution in [0.15, 0.2) is 0 Å². The minimum Gasteiger partial charge on any atom is -0.485 e. The van der Waals surface area contributed by atoms with Gasteiger partial charge in [0.15, 0.2) is 0 Å². The summed E-state index contributed by atoms with van der Waals surface area (Å²) in [7, 11) is -1.36. The fraction of sp³-hybridized carbons (Fsp3) is 0. The van der Waals surface area contributed by atoms with E-state index in [2.05, 4.69) is 10.8 Å². The summed E-state index contributed by atoms with van der Waals surface area (Å²) >= 11 is 0. The summed E-state index contributed by atoms with van der Waals surface area (Å²) < 4.78 is 7.64. The summed E-state index contributed by atoms with van der Waals surface area (Å²) in [6, 6.07) is 0. The lowest BCUT2D eigenvalue weighted by atomic mass is 12.0. The molecule has 26 valence electrons. The highest BCUT2D eigenvalue weighted by Crippen LogP contribution is 1.31.